The van der Waals surface area contributed by atoms with Gasteiger partial charge < -0.3 is 9.32 Å². The Balaban J connectivity index is 1.72. The van der Waals surface area contributed by atoms with E-state index in [9.17, 15) is 4.79 Å². The summed E-state index contributed by atoms with van der Waals surface area (Å²) in [7, 11) is 1.69. The summed E-state index contributed by atoms with van der Waals surface area (Å²) in [6.45, 7) is 7.11. The molecule has 2 aromatic heterocycles. The molecule has 0 bridgehead atoms. The van der Waals surface area contributed by atoms with E-state index in [1.54, 1.807) is 25.7 Å². The number of nitrogens with zero attached hydrogens (tertiary/aromatic N) is 5. The molecule has 1 aliphatic rings. The third-order valence-electron chi connectivity index (χ3n) is 5.30. The third-order valence-corrected chi connectivity index (χ3v) is 5.80. The van der Waals surface area contributed by atoms with Crippen LogP contribution in [0.2, 0.25) is 0 Å². The normalized spacial score (nSPS) is 16.0. The van der Waals surface area contributed by atoms with Crippen molar-refractivity contribution in [2.75, 3.05) is 20.1 Å². The quantitative estimate of drug-likeness (QED) is 0.411. The van der Waals surface area contributed by atoms with Crippen LogP contribution in [-0.4, -0.2) is 50.4 Å². The fourth-order valence-corrected chi connectivity index (χ4v) is 4.20. The van der Waals surface area contributed by atoms with Crippen LogP contribution in [0.25, 0.3) is 17.3 Å². The number of fused-ring (bicyclic) bond motifs is 3. The van der Waals surface area contributed by atoms with Crippen molar-refractivity contribution >= 4 is 17.5 Å². The molecule has 1 aromatic carbocycles. The third kappa shape index (κ3) is 3.63. The number of hydrogen-bond acceptors (Lipinski definition) is 5. The Kier molecular flexibility index (Phi) is 5.92. The second-order valence-electron chi connectivity index (χ2n) is 7.54. The van der Waals surface area contributed by atoms with E-state index in [1.807, 2.05) is 22.8 Å². The van der Waals surface area contributed by atoms with Gasteiger partial charge in [0.25, 0.3) is 5.91 Å². The van der Waals surface area contributed by atoms with Gasteiger partial charge in [0.05, 0.1) is 22.6 Å². The summed E-state index contributed by atoms with van der Waals surface area (Å²) < 4.78 is 7.65. The number of oxazole rings is 1. The molecule has 3 heterocycles. The van der Waals surface area contributed by atoms with Gasteiger partial charge in [0.1, 0.15) is 18.1 Å². The van der Waals surface area contributed by atoms with E-state index in [0.29, 0.717) is 22.8 Å². The van der Waals surface area contributed by atoms with Crippen molar-refractivity contribution in [2.24, 2.45) is 0 Å². The lowest BCUT2D eigenvalue weighted by Crippen LogP contribution is -2.27. The number of aromatic nitrogens is 3. The molecule has 158 valence electrons. The maximum atomic E-state index is 12.9. The number of alkyl halides is 1. The molecule has 30 heavy (non-hydrogen) atoms. The van der Waals surface area contributed by atoms with Crippen LogP contribution in [0.4, 0.5) is 0 Å². The van der Waals surface area contributed by atoms with Crippen molar-refractivity contribution < 1.29 is 9.21 Å². The second-order valence-corrected chi connectivity index (χ2v) is 7.95. The van der Waals surface area contributed by atoms with Gasteiger partial charge in [0.2, 0.25) is 5.89 Å². The van der Waals surface area contributed by atoms with Crippen molar-refractivity contribution in [3.05, 3.63) is 53.8 Å². The first-order valence-corrected chi connectivity index (χ1v) is 10.7. The Labute approximate surface area is 181 Å². The standard InChI is InChI=1S/C22H26ClN5O2/c1-4-10-27(11-5-2)12-15-13-30-21(25-15)18-19-20(23)26(3)22(29)16-8-6-7-9-17(16)28(19)14-24-18/h6-9,13-14,20H,4-5,10-12H2,1-3H3. The Hall–Kier alpha value is -2.64. The van der Waals surface area contributed by atoms with E-state index >= 15 is 0 Å². The number of carbonyl (C=O) groups excluding carboxylic acids is 1. The number of carbonyl (C=O) groups is 1. The smallest absolute Gasteiger partial charge is 0.257 e. The van der Waals surface area contributed by atoms with Crippen molar-refractivity contribution in [1.82, 2.24) is 24.3 Å². The molecular weight excluding hydrogens is 402 g/mol. The Morgan fingerprint density at radius 1 is 1.20 bits per heavy atom. The minimum Gasteiger partial charge on any atom is -0.443 e. The molecule has 4 rings (SSSR count). The van der Waals surface area contributed by atoms with Crippen molar-refractivity contribution in [2.45, 2.75) is 38.7 Å². The molecule has 0 N–H and O–H groups in total. The highest BCUT2D eigenvalue weighted by Gasteiger charge is 2.34. The van der Waals surface area contributed by atoms with Crippen LogP contribution in [0.1, 0.15) is 53.9 Å². The van der Waals surface area contributed by atoms with Crippen LogP contribution in [0.3, 0.4) is 0 Å². The highest BCUT2D eigenvalue weighted by Crippen LogP contribution is 2.38. The zero-order valence-corrected chi connectivity index (χ0v) is 18.3. The largest absolute Gasteiger partial charge is 0.443 e. The number of hydrogen-bond donors (Lipinski definition) is 0. The minimum atomic E-state index is -0.700. The van der Waals surface area contributed by atoms with Crippen LogP contribution < -0.4 is 0 Å². The summed E-state index contributed by atoms with van der Waals surface area (Å²) in [6.07, 6.45) is 5.54. The molecule has 0 saturated heterocycles. The van der Waals surface area contributed by atoms with E-state index in [4.69, 9.17) is 16.0 Å². The van der Waals surface area contributed by atoms with Crippen molar-refractivity contribution in [1.29, 1.82) is 0 Å². The summed E-state index contributed by atoms with van der Waals surface area (Å²) in [5.74, 6) is 0.278. The Bertz CT molecular complexity index is 1040. The number of halogens is 1. The fourth-order valence-electron chi connectivity index (χ4n) is 3.90. The average Bonchev–Trinajstić information content (AvgIpc) is 3.37. The molecule has 3 aromatic rings. The first kappa shape index (κ1) is 20.6. The van der Waals surface area contributed by atoms with Gasteiger partial charge in [0, 0.05) is 13.6 Å². The lowest BCUT2D eigenvalue weighted by Gasteiger charge is -2.20. The van der Waals surface area contributed by atoms with Crippen LogP contribution in [0, 0.1) is 0 Å². The van der Waals surface area contributed by atoms with Gasteiger partial charge in [-0.2, -0.15) is 0 Å². The van der Waals surface area contributed by atoms with Crippen LogP contribution in [0.15, 0.2) is 41.3 Å². The number of amides is 1. The lowest BCUT2D eigenvalue weighted by molar-refractivity contribution is 0.0780. The fraction of sp³-hybridized carbons (Fsp3) is 0.409. The number of para-hydroxylation sites is 1. The zero-order chi connectivity index (χ0) is 21.3. The summed E-state index contributed by atoms with van der Waals surface area (Å²) in [4.78, 5) is 26.0. The number of imidazole rings is 1. The SMILES string of the molecule is CCCN(CCC)Cc1coc(-c2ncn3c2C(Cl)N(C)C(=O)c2ccccc2-3)n1. The summed E-state index contributed by atoms with van der Waals surface area (Å²) in [5, 5.41) is 0. The number of rotatable bonds is 7. The lowest BCUT2D eigenvalue weighted by atomic mass is 10.1. The summed E-state index contributed by atoms with van der Waals surface area (Å²) in [6, 6.07) is 7.42. The average molecular weight is 428 g/mol. The van der Waals surface area contributed by atoms with Crippen LogP contribution in [0.5, 0.6) is 0 Å². The summed E-state index contributed by atoms with van der Waals surface area (Å²) in [5.41, 5.74) is 2.71. The van der Waals surface area contributed by atoms with Crippen LogP contribution >= 0.6 is 11.6 Å². The number of benzene rings is 1. The highest BCUT2D eigenvalue weighted by molar-refractivity contribution is 6.22. The van der Waals surface area contributed by atoms with Gasteiger partial charge in [-0.05, 0) is 38.1 Å². The maximum Gasteiger partial charge on any atom is 0.257 e. The first-order valence-electron chi connectivity index (χ1n) is 10.3. The first-order chi connectivity index (χ1) is 14.5. The molecule has 1 atom stereocenters. The second kappa shape index (κ2) is 8.62. The molecule has 0 saturated carbocycles. The topological polar surface area (TPSA) is 67.4 Å². The molecule has 1 unspecified atom stereocenters. The Morgan fingerprint density at radius 2 is 1.93 bits per heavy atom. The van der Waals surface area contributed by atoms with E-state index < -0.39 is 5.50 Å². The minimum absolute atomic E-state index is 0.136. The van der Waals surface area contributed by atoms with Crippen LogP contribution in [-0.2, 0) is 6.54 Å². The molecule has 1 amide bonds. The van der Waals surface area contributed by atoms with E-state index in [0.717, 1.165) is 43.9 Å². The van der Waals surface area contributed by atoms with Gasteiger partial charge in [-0.25, -0.2) is 9.97 Å². The molecule has 0 fully saturated rings. The van der Waals surface area contributed by atoms with Gasteiger partial charge in [-0.15, -0.1) is 0 Å². The highest BCUT2D eigenvalue weighted by atomic mass is 35.5. The predicted molar refractivity (Wildman–Crippen MR) is 116 cm³/mol. The van der Waals surface area contributed by atoms with E-state index in [1.165, 1.54) is 4.90 Å². The van der Waals surface area contributed by atoms with Crippen molar-refractivity contribution in [3.8, 4) is 17.3 Å². The van der Waals surface area contributed by atoms with E-state index in [2.05, 4.69) is 28.7 Å². The molecule has 0 aliphatic carbocycles. The molecule has 7 nitrogen and oxygen atoms in total. The predicted octanol–water partition coefficient (Wildman–Crippen LogP) is 4.47. The molecule has 1 aliphatic heterocycles. The maximum absolute atomic E-state index is 12.9. The molecule has 0 spiro atoms. The summed E-state index contributed by atoms with van der Waals surface area (Å²) >= 11 is 6.72. The zero-order valence-electron chi connectivity index (χ0n) is 17.5. The van der Waals surface area contributed by atoms with Gasteiger partial charge in [-0.1, -0.05) is 37.6 Å². The molecule has 8 heteroatoms. The van der Waals surface area contributed by atoms with Gasteiger partial charge in [0.15, 0.2) is 5.69 Å². The molecular formula is C22H26ClN5O2. The van der Waals surface area contributed by atoms with Gasteiger partial charge in [-0.3, -0.25) is 14.3 Å². The van der Waals surface area contributed by atoms with Crippen molar-refractivity contribution in [3.63, 3.8) is 0 Å². The monoisotopic (exact) mass is 427 g/mol. The molecule has 0 radical (unpaired) electrons. The van der Waals surface area contributed by atoms with E-state index in [-0.39, 0.29) is 5.91 Å². The van der Waals surface area contributed by atoms with Gasteiger partial charge >= 0.3 is 0 Å². The Morgan fingerprint density at radius 3 is 2.67 bits per heavy atom.